The fourth-order valence-corrected chi connectivity index (χ4v) is 3.47. The van der Waals surface area contributed by atoms with Gasteiger partial charge in [-0.15, -0.1) is 0 Å². The third-order valence-electron chi connectivity index (χ3n) is 4.42. The van der Waals surface area contributed by atoms with Gasteiger partial charge in [0.2, 0.25) is 0 Å². The number of nitrogens with one attached hydrogen (secondary N) is 1. The van der Waals surface area contributed by atoms with Gasteiger partial charge in [0.25, 0.3) is 17.7 Å². The predicted molar refractivity (Wildman–Crippen MR) is 108 cm³/mol. The van der Waals surface area contributed by atoms with Crippen LogP contribution >= 0.6 is 23.2 Å². The fraction of sp³-hybridized carbons (Fsp3) is 0. The molecular weight excluding hydrogens is 418 g/mol. The van der Waals surface area contributed by atoms with Gasteiger partial charge in [0.1, 0.15) is 5.82 Å². The second kappa shape index (κ2) is 7.31. The van der Waals surface area contributed by atoms with Crippen LogP contribution < -0.4 is 10.2 Å². The van der Waals surface area contributed by atoms with Gasteiger partial charge in [-0.1, -0.05) is 35.3 Å². The minimum absolute atomic E-state index is 0.0777. The number of anilines is 2. The zero-order valence-corrected chi connectivity index (χ0v) is 16.1. The second-order valence-electron chi connectivity index (χ2n) is 6.24. The lowest BCUT2D eigenvalue weighted by atomic mass is 10.1. The molecule has 1 aliphatic heterocycles. The van der Waals surface area contributed by atoms with E-state index in [1.54, 1.807) is 24.3 Å². The predicted octanol–water partition coefficient (Wildman–Crippen LogP) is 5.19. The molecule has 1 aliphatic rings. The van der Waals surface area contributed by atoms with E-state index in [2.05, 4.69) is 5.32 Å². The number of benzene rings is 3. The minimum Gasteiger partial charge on any atom is -0.322 e. The SMILES string of the molecule is O=C(Nc1ccc(N2C(=O)c3ccccc3C2=O)c(Cl)c1)c1ccc(Cl)cc1F. The van der Waals surface area contributed by atoms with Crippen LogP contribution in [0, 0.1) is 5.82 Å². The van der Waals surface area contributed by atoms with Crippen molar-refractivity contribution in [1.82, 2.24) is 0 Å². The highest BCUT2D eigenvalue weighted by atomic mass is 35.5. The van der Waals surface area contributed by atoms with Gasteiger partial charge < -0.3 is 5.32 Å². The van der Waals surface area contributed by atoms with E-state index < -0.39 is 23.5 Å². The van der Waals surface area contributed by atoms with E-state index in [0.29, 0.717) is 11.1 Å². The Kier molecular flexibility index (Phi) is 4.82. The van der Waals surface area contributed by atoms with Crippen LogP contribution in [0.4, 0.5) is 15.8 Å². The van der Waals surface area contributed by atoms with Crippen LogP contribution in [0.3, 0.4) is 0 Å². The molecule has 0 radical (unpaired) electrons. The van der Waals surface area contributed by atoms with Crippen LogP contribution in [0.5, 0.6) is 0 Å². The maximum absolute atomic E-state index is 13.9. The fourth-order valence-electron chi connectivity index (χ4n) is 3.05. The second-order valence-corrected chi connectivity index (χ2v) is 7.08. The molecule has 4 rings (SSSR count). The summed E-state index contributed by atoms with van der Waals surface area (Å²) in [5, 5.41) is 2.77. The van der Waals surface area contributed by atoms with Crippen molar-refractivity contribution < 1.29 is 18.8 Å². The number of carbonyl (C=O) groups excluding carboxylic acids is 3. The minimum atomic E-state index is -0.760. The average Bonchev–Trinajstić information content (AvgIpc) is 2.93. The zero-order chi connectivity index (χ0) is 20.7. The third-order valence-corrected chi connectivity index (χ3v) is 4.95. The van der Waals surface area contributed by atoms with Crippen molar-refractivity contribution >= 4 is 52.3 Å². The number of halogens is 3. The number of nitrogens with zero attached hydrogens (tertiary/aromatic N) is 1. The van der Waals surface area contributed by atoms with Crippen molar-refractivity contribution in [3.05, 3.63) is 93.2 Å². The van der Waals surface area contributed by atoms with Gasteiger partial charge in [-0.2, -0.15) is 0 Å². The summed E-state index contributed by atoms with van der Waals surface area (Å²) in [6.45, 7) is 0. The number of amides is 3. The maximum Gasteiger partial charge on any atom is 0.266 e. The van der Waals surface area contributed by atoms with E-state index in [9.17, 15) is 18.8 Å². The molecule has 8 heteroatoms. The first kappa shape index (κ1) is 19.1. The van der Waals surface area contributed by atoms with E-state index in [1.807, 2.05) is 0 Å². The maximum atomic E-state index is 13.9. The van der Waals surface area contributed by atoms with Crippen molar-refractivity contribution in [2.75, 3.05) is 10.2 Å². The molecule has 0 aliphatic carbocycles. The van der Waals surface area contributed by atoms with E-state index in [0.717, 1.165) is 11.0 Å². The lowest BCUT2D eigenvalue weighted by Gasteiger charge is -2.16. The van der Waals surface area contributed by atoms with Crippen LogP contribution in [0.15, 0.2) is 60.7 Å². The van der Waals surface area contributed by atoms with Gasteiger partial charge >= 0.3 is 0 Å². The first-order valence-electron chi connectivity index (χ1n) is 8.40. The van der Waals surface area contributed by atoms with Crippen molar-refractivity contribution in [2.24, 2.45) is 0 Å². The van der Waals surface area contributed by atoms with E-state index in [-0.39, 0.29) is 27.0 Å². The Labute approximate surface area is 174 Å². The Hall–Kier alpha value is -3.22. The van der Waals surface area contributed by atoms with Gasteiger partial charge in [0.05, 0.1) is 27.4 Å². The summed E-state index contributed by atoms with van der Waals surface area (Å²) in [7, 11) is 0. The number of hydrogen-bond acceptors (Lipinski definition) is 3. The van der Waals surface area contributed by atoms with E-state index >= 15 is 0 Å². The quantitative estimate of drug-likeness (QED) is 0.584. The number of imide groups is 1. The third kappa shape index (κ3) is 3.37. The first-order chi connectivity index (χ1) is 13.9. The van der Waals surface area contributed by atoms with Gasteiger partial charge in [0, 0.05) is 10.7 Å². The Morgan fingerprint density at radius 2 is 1.55 bits per heavy atom. The van der Waals surface area contributed by atoms with Crippen LogP contribution in [-0.2, 0) is 0 Å². The summed E-state index contributed by atoms with van der Waals surface area (Å²) in [5.41, 5.74) is 0.867. The molecule has 3 aromatic rings. The number of carbonyl (C=O) groups is 3. The van der Waals surface area contributed by atoms with Gasteiger partial charge in [-0.3, -0.25) is 14.4 Å². The molecule has 0 unspecified atom stereocenters. The molecule has 5 nitrogen and oxygen atoms in total. The van der Waals surface area contributed by atoms with Crippen LogP contribution in [0.1, 0.15) is 31.1 Å². The van der Waals surface area contributed by atoms with Crippen molar-refractivity contribution in [1.29, 1.82) is 0 Å². The summed E-state index contributed by atoms with van der Waals surface area (Å²) >= 11 is 12.0. The molecule has 144 valence electrons. The van der Waals surface area contributed by atoms with Crippen molar-refractivity contribution in [2.45, 2.75) is 0 Å². The van der Waals surface area contributed by atoms with Crippen molar-refractivity contribution in [3.63, 3.8) is 0 Å². The molecule has 0 saturated heterocycles. The molecule has 1 heterocycles. The highest BCUT2D eigenvalue weighted by Gasteiger charge is 2.37. The van der Waals surface area contributed by atoms with E-state index in [1.165, 1.54) is 30.3 Å². The topological polar surface area (TPSA) is 66.5 Å². The number of rotatable bonds is 3. The summed E-state index contributed by atoms with van der Waals surface area (Å²) in [4.78, 5) is 38.5. The highest BCUT2D eigenvalue weighted by molar-refractivity contribution is 6.40. The molecule has 0 aromatic heterocycles. The first-order valence-corrected chi connectivity index (χ1v) is 9.16. The molecule has 0 saturated carbocycles. The average molecular weight is 429 g/mol. The molecule has 3 amide bonds. The summed E-state index contributed by atoms with van der Waals surface area (Å²) in [6, 6.07) is 14.5. The monoisotopic (exact) mass is 428 g/mol. The lowest BCUT2D eigenvalue weighted by molar-refractivity contribution is 0.0924. The molecule has 1 N–H and O–H groups in total. The zero-order valence-electron chi connectivity index (χ0n) is 14.6. The number of fused-ring (bicyclic) bond motifs is 1. The molecule has 0 atom stereocenters. The molecule has 29 heavy (non-hydrogen) atoms. The Morgan fingerprint density at radius 3 is 2.14 bits per heavy atom. The van der Waals surface area contributed by atoms with E-state index in [4.69, 9.17) is 23.2 Å². The van der Waals surface area contributed by atoms with Gasteiger partial charge in [-0.25, -0.2) is 9.29 Å². The molecule has 0 fully saturated rings. The van der Waals surface area contributed by atoms with Gasteiger partial charge in [-0.05, 0) is 48.5 Å². The van der Waals surface area contributed by atoms with Crippen molar-refractivity contribution in [3.8, 4) is 0 Å². The largest absolute Gasteiger partial charge is 0.322 e. The lowest BCUT2D eigenvalue weighted by Crippen LogP contribution is -2.29. The standard InChI is InChI=1S/C21H11Cl2FN2O3/c22-11-5-7-15(17(24)9-11)19(27)25-12-6-8-18(16(23)10-12)26-20(28)13-3-1-2-4-14(13)21(26)29/h1-10H,(H,25,27). The number of hydrogen-bond donors (Lipinski definition) is 1. The van der Waals surface area contributed by atoms with Crippen LogP contribution in [0.2, 0.25) is 10.0 Å². The Balaban J connectivity index is 1.60. The summed E-state index contributed by atoms with van der Waals surface area (Å²) in [6.07, 6.45) is 0. The summed E-state index contributed by atoms with van der Waals surface area (Å²) in [5.74, 6) is -2.41. The molecule has 0 spiro atoms. The van der Waals surface area contributed by atoms with Crippen LogP contribution in [0.25, 0.3) is 0 Å². The van der Waals surface area contributed by atoms with Gasteiger partial charge in [0.15, 0.2) is 0 Å². The highest BCUT2D eigenvalue weighted by Crippen LogP contribution is 2.35. The molecule has 0 bridgehead atoms. The summed E-state index contributed by atoms with van der Waals surface area (Å²) < 4.78 is 13.9. The smallest absolute Gasteiger partial charge is 0.266 e. The Morgan fingerprint density at radius 1 is 0.897 bits per heavy atom. The molecule has 3 aromatic carbocycles. The molecular formula is C21H11Cl2FN2O3. The Bertz CT molecular complexity index is 1160. The normalized spacial score (nSPS) is 12.9. The van der Waals surface area contributed by atoms with Crippen LogP contribution in [-0.4, -0.2) is 17.7 Å².